The molecule has 0 spiro atoms. The Kier molecular flexibility index (Phi) is 4.26. The zero-order chi connectivity index (χ0) is 13.9. The van der Waals surface area contributed by atoms with E-state index in [0.29, 0.717) is 5.56 Å². The van der Waals surface area contributed by atoms with Crippen LogP contribution in [0.15, 0.2) is 18.2 Å². The molecule has 18 heavy (non-hydrogen) atoms. The molecule has 0 aliphatic rings. The predicted molar refractivity (Wildman–Crippen MR) is 68.3 cm³/mol. The van der Waals surface area contributed by atoms with Crippen LogP contribution >= 0.6 is 0 Å². The topological polar surface area (TPSA) is 63.6 Å². The van der Waals surface area contributed by atoms with Crippen molar-refractivity contribution < 1.29 is 19.4 Å². The molecule has 1 aromatic rings. The summed E-state index contributed by atoms with van der Waals surface area (Å²) < 4.78 is 5.22. The summed E-state index contributed by atoms with van der Waals surface area (Å²) in [5, 5.41) is 8.53. The average Bonchev–Trinajstić information content (AvgIpc) is 2.31. The van der Waals surface area contributed by atoms with Crippen molar-refractivity contribution >= 4 is 11.8 Å². The van der Waals surface area contributed by atoms with E-state index in [-0.39, 0.29) is 5.78 Å². The molecule has 0 aromatic heterocycles. The Morgan fingerprint density at radius 3 is 2.28 bits per heavy atom. The summed E-state index contributed by atoms with van der Waals surface area (Å²) in [5.74, 6) is -0.717. The first-order valence-corrected chi connectivity index (χ1v) is 5.48. The lowest BCUT2D eigenvalue weighted by Gasteiger charge is -2.13. The fraction of sp³-hybridized carbons (Fsp3) is 0.286. The van der Waals surface area contributed by atoms with E-state index in [0.717, 1.165) is 34.6 Å². The van der Waals surface area contributed by atoms with Gasteiger partial charge in [-0.05, 0) is 49.6 Å². The molecule has 96 valence electrons. The highest BCUT2D eigenvalue weighted by molar-refractivity contribution is 6.09. The average molecular weight is 248 g/mol. The lowest BCUT2D eigenvalue weighted by Crippen LogP contribution is -2.05. The molecule has 4 nitrogen and oxygen atoms in total. The van der Waals surface area contributed by atoms with Crippen LogP contribution in [0.3, 0.4) is 0 Å². The molecule has 0 bridgehead atoms. The minimum atomic E-state index is -1.14. The van der Waals surface area contributed by atoms with Gasteiger partial charge in [-0.3, -0.25) is 4.79 Å². The Morgan fingerprint density at radius 1 is 1.17 bits per heavy atom. The largest absolute Gasteiger partial charge is 0.496 e. The van der Waals surface area contributed by atoms with Crippen LogP contribution in [0.25, 0.3) is 0 Å². The fourth-order valence-electron chi connectivity index (χ4n) is 1.87. The van der Waals surface area contributed by atoms with Crippen molar-refractivity contribution in [3.8, 4) is 5.75 Å². The molecule has 0 aliphatic heterocycles. The molecular weight excluding hydrogens is 232 g/mol. The third-order valence-corrected chi connectivity index (χ3v) is 2.89. The minimum Gasteiger partial charge on any atom is -0.496 e. The van der Waals surface area contributed by atoms with Crippen LogP contribution in [-0.2, 0) is 4.79 Å². The maximum atomic E-state index is 12.0. The van der Waals surface area contributed by atoms with Crippen molar-refractivity contribution in [1.29, 1.82) is 0 Å². The lowest BCUT2D eigenvalue weighted by molar-refractivity contribution is -0.131. The van der Waals surface area contributed by atoms with Crippen molar-refractivity contribution in [3.05, 3.63) is 40.5 Å². The molecule has 0 amide bonds. The second-order valence-electron chi connectivity index (χ2n) is 4.06. The molecule has 0 saturated carbocycles. The SMILES string of the molecule is COc1cc(C)c(C(=O)/C=C/C(=O)O)c(C)c1C. The first kappa shape index (κ1) is 14.0. The van der Waals surface area contributed by atoms with Crippen LogP contribution < -0.4 is 4.74 Å². The Balaban J connectivity index is 3.30. The zero-order valence-electron chi connectivity index (χ0n) is 10.9. The second-order valence-corrected chi connectivity index (χ2v) is 4.06. The molecule has 4 heteroatoms. The van der Waals surface area contributed by atoms with E-state index in [1.54, 1.807) is 20.1 Å². The molecule has 0 aliphatic carbocycles. The van der Waals surface area contributed by atoms with Crippen molar-refractivity contribution in [1.82, 2.24) is 0 Å². The highest BCUT2D eigenvalue weighted by Gasteiger charge is 2.15. The number of ketones is 1. The number of benzene rings is 1. The number of carboxylic acids is 1. The van der Waals surface area contributed by atoms with Crippen molar-refractivity contribution in [2.24, 2.45) is 0 Å². The number of carbonyl (C=O) groups is 2. The summed E-state index contributed by atoms with van der Waals surface area (Å²) in [7, 11) is 1.58. The highest BCUT2D eigenvalue weighted by Crippen LogP contribution is 2.27. The normalized spacial score (nSPS) is 10.7. The van der Waals surface area contributed by atoms with Crippen LogP contribution in [0.4, 0.5) is 0 Å². The number of ether oxygens (including phenoxy) is 1. The Labute approximate surface area is 106 Å². The van der Waals surface area contributed by atoms with Crippen LogP contribution in [0, 0.1) is 20.8 Å². The molecular formula is C14H16O4. The maximum Gasteiger partial charge on any atom is 0.328 e. The number of carboxylic acid groups (broad SMARTS) is 1. The van der Waals surface area contributed by atoms with E-state index < -0.39 is 5.97 Å². The van der Waals surface area contributed by atoms with Gasteiger partial charge >= 0.3 is 5.97 Å². The van der Waals surface area contributed by atoms with E-state index >= 15 is 0 Å². The third-order valence-electron chi connectivity index (χ3n) is 2.89. The lowest BCUT2D eigenvalue weighted by atomic mass is 9.94. The smallest absolute Gasteiger partial charge is 0.328 e. The van der Waals surface area contributed by atoms with Gasteiger partial charge in [0.05, 0.1) is 7.11 Å². The minimum absolute atomic E-state index is 0.307. The van der Waals surface area contributed by atoms with Gasteiger partial charge < -0.3 is 9.84 Å². The second kappa shape index (κ2) is 5.49. The monoisotopic (exact) mass is 248 g/mol. The van der Waals surface area contributed by atoms with Crippen molar-refractivity contribution in [3.63, 3.8) is 0 Å². The van der Waals surface area contributed by atoms with Gasteiger partial charge in [0, 0.05) is 11.6 Å². The number of aryl methyl sites for hydroxylation is 1. The molecule has 1 rings (SSSR count). The maximum absolute atomic E-state index is 12.0. The van der Waals surface area contributed by atoms with Gasteiger partial charge in [0.1, 0.15) is 5.75 Å². The third kappa shape index (κ3) is 2.77. The van der Waals surface area contributed by atoms with Crippen LogP contribution in [0.5, 0.6) is 5.75 Å². The molecule has 0 unspecified atom stereocenters. The Bertz CT molecular complexity index is 527. The van der Waals surface area contributed by atoms with Gasteiger partial charge in [-0.1, -0.05) is 0 Å². The molecule has 0 radical (unpaired) electrons. The molecule has 0 fully saturated rings. The Hall–Kier alpha value is -2.10. The van der Waals surface area contributed by atoms with E-state index in [1.165, 1.54) is 0 Å². The van der Waals surface area contributed by atoms with Gasteiger partial charge in [0.15, 0.2) is 5.78 Å². The summed E-state index contributed by atoms with van der Waals surface area (Å²) in [6.07, 6.45) is 1.92. The first-order chi connectivity index (χ1) is 8.38. The number of carbonyl (C=O) groups excluding carboxylic acids is 1. The molecule has 1 N–H and O–H groups in total. The van der Waals surface area contributed by atoms with E-state index in [9.17, 15) is 9.59 Å². The van der Waals surface area contributed by atoms with Crippen LogP contribution in [-0.4, -0.2) is 24.0 Å². The Morgan fingerprint density at radius 2 is 1.78 bits per heavy atom. The summed E-state index contributed by atoms with van der Waals surface area (Å²) >= 11 is 0. The van der Waals surface area contributed by atoms with E-state index in [1.807, 2.05) is 13.8 Å². The van der Waals surface area contributed by atoms with E-state index in [4.69, 9.17) is 9.84 Å². The van der Waals surface area contributed by atoms with Crippen molar-refractivity contribution in [2.75, 3.05) is 7.11 Å². The number of hydrogen-bond acceptors (Lipinski definition) is 3. The van der Waals surface area contributed by atoms with Crippen molar-refractivity contribution in [2.45, 2.75) is 20.8 Å². The number of allylic oxidation sites excluding steroid dienone is 1. The molecule has 0 atom stereocenters. The van der Waals surface area contributed by atoms with Gasteiger partial charge in [-0.2, -0.15) is 0 Å². The van der Waals surface area contributed by atoms with Crippen LogP contribution in [0.2, 0.25) is 0 Å². The van der Waals surface area contributed by atoms with Gasteiger partial charge in [-0.25, -0.2) is 4.79 Å². The van der Waals surface area contributed by atoms with Gasteiger partial charge in [-0.15, -0.1) is 0 Å². The molecule has 0 heterocycles. The highest BCUT2D eigenvalue weighted by atomic mass is 16.5. The van der Waals surface area contributed by atoms with Gasteiger partial charge in [0.25, 0.3) is 0 Å². The van der Waals surface area contributed by atoms with E-state index in [2.05, 4.69) is 0 Å². The summed E-state index contributed by atoms with van der Waals surface area (Å²) in [5.41, 5.74) is 3.00. The summed E-state index contributed by atoms with van der Waals surface area (Å²) in [6.45, 7) is 5.49. The quantitative estimate of drug-likeness (QED) is 0.656. The standard InChI is InChI=1S/C14H16O4/c1-8-7-12(18-4)9(2)10(3)14(8)11(15)5-6-13(16)17/h5-7H,1-4H3,(H,16,17)/b6-5+. The first-order valence-electron chi connectivity index (χ1n) is 5.48. The van der Waals surface area contributed by atoms with Crippen LogP contribution in [0.1, 0.15) is 27.0 Å². The number of hydrogen-bond donors (Lipinski definition) is 1. The number of aliphatic carboxylic acids is 1. The molecule has 1 aromatic carbocycles. The molecule has 0 saturated heterocycles. The summed E-state index contributed by atoms with van der Waals surface area (Å²) in [4.78, 5) is 22.4. The predicted octanol–water partition coefficient (Wildman–Crippen LogP) is 2.44. The fourth-order valence-corrected chi connectivity index (χ4v) is 1.87. The number of methoxy groups -OCH3 is 1. The zero-order valence-corrected chi connectivity index (χ0v) is 10.9. The number of rotatable bonds is 4. The summed E-state index contributed by atoms with van der Waals surface area (Å²) in [6, 6.07) is 1.78. The van der Waals surface area contributed by atoms with Gasteiger partial charge in [0.2, 0.25) is 0 Å².